The van der Waals surface area contributed by atoms with Crippen LogP contribution in [0.5, 0.6) is 0 Å². The van der Waals surface area contributed by atoms with E-state index in [1.165, 1.54) is 154 Å². The van der Waals surface area contributed by atoms with E-state index in [1.807, 2.05) is 9.80 Å². The van der Waals surface area contributed by atoms with E-state index in [0.717, 1.165) is 74.9 Å². The van der Waals surface area contributed by atoms with Crippen LogP contribution in [0, 0.1) is 0 Å². The summed E-state index contributed by atoms with van der Waals surface area (Å²) in [5.41, 5.74) is 0. The van der Waals surface area contributed by atoms with Gasteiger partial charge in [-0.05, 0) is 25.7 Å². The summed E-state index contributed by atoms with van der Waals surface area (Å²) >= 11 is 1.74. The first-order chi connectivity index (χ1) is 33.0. The Morgan fingerprint density at radius 3 is 0.721 bits per heavy atom. The van der Waals surface area contributed by atoms with Crippen LogP contribution in [0.15, 0.2) is 0 Å². The van der Waals surface area contributed by atoms with Crippen molar-refractivity contribution in [3.8, 4) is 0 Å². The molecule has 0 spiro atoms. The van der Waals surface area contributed by atoms with Gasteiger partial charge < -0.3 is 30.6 Å². The van der Waals surface area contributed by atoms with Crippen molar-refractivity contribution in [2.24, 2.45) is 0 Å². The van der Waals surface area contributed by atoms with Crippen molar-refractivity contribution in [3.63, 3.8) is 0 Å². The summed E-state index contributed by atoms with van der Waals surface area (Å²) < 4.78 is 0. The van der Waals surface area contributed by atoms with Crippen LogP contribution in [0.25, 0.3) is 0 Å². The maximum Gasteiger partial charge on any atom is 0.220 e. The number of rotatable bonds is 53. The van der Waals surface area contributed by atoms with Crippen molar-refractivity contribution in [2.45, 2.75) is 295 Å². The summed E-state index contributed by atoms with van der Waals surface area (Å²) in [5, 5.41) is 64.1. The van der Waals surface area contributed by atoms with E-state index in [9.17, 15) is 40.2 Å². The first kappa shape index (κ1) is 67.7. The fraction of sp³-hybridized carbons (Fsp3) is 0.964. The van der Waals surface area contributed by atoms with Crippen LogP contribution in [-0.4, -0.2) is 138 Å². The Morgan fingerprint density at radius 1 is 0.324 bits per heavy atom. The molecule has 0 aromatic carbocycles. The smallest absolute Gasteiger partial charge is 0.220 e. The number of thioether (sulfide) groups is 2. The highest BCUT2D eigenvalue weighted by molar-refractivity contribution is 8.14. The average Bonchev–Trinajstić information content (AvgIpc) is 3.31. The third-order valence-corrected chi connectivity index (χ3v) is 15.4. The van der Waals surface area contributed by atoms with E-state index in [4.69, 9.17) is 0 Å². The highest BCUT2D eigenvalue weighted by Crippen LogP contribution is 2.19. The molecule has 0 aromatic heterocycles. The predicted octanol–water partition coefficient (Wildman–Crippen LogP) is 12.4. The predicted molar refractivity (Wildman–Crippen MR) is 293 cm³/mol. The van der Waals surface area contributed by atoms with Crippen LogP contribution < -0.4 is 0 Å². The van der Waals surface area contributed by atoms with Gasteiger partial charge in [0.05, 0.1) is 24.4 Å². The lowest BCUT2D eigenvalue weighted by atomic mass is 10.0. The van der Waals surface area contributed by atoms with E-state index in [1.54, 1.807) is 0 Å². The highest BCUT2D eigenvalue weighted by Gasteiger charge is 2.31. The zero-order chi connectivity index (χ0) is 50.3. The summed E-state index contributed by atoms with van der Waals surface area (Å²) in [4.78, 5) is 30.2. The number of hydrogen-bond acceptors (Lipinski definition) is 12. The summed E-state index contributed by atoms with van der Waals surface area (Å²) in [6.45, 7) is 11.3. The Balaban J connectivity index is 5.15. The summed E-state index contributed by atoms with van der Waals surface area (Å²) in [5.74, 6) is 0.576. The molecule has 6 unspecified atom stereocenters. The van der Waals surface area contributed by atoms with E-state index in [2.05, 4.69) is 27.7 Å². The standard InChI is InChI=1S/C56H112N2O8S2/c1-5-9-13-17-21-25-29-33-37-49(59)45-57(46-50(60)38-34-30-26-22-18-14-10-6-2)41-43-67-55(65)53(63)54(64)56(66)68-44-42-58(47-51(61)39-35-31-27-23-19-15-11-7-3)48-52(62)40-36-32-28-24-20-16-12-8-4/h49-54,59-64H,5-48H2,1-4H3. The molecule has 0 saturated carbocycles. The van der Waals surface area contributed by atoms with Gasteiger partial charge in [0.2, 0.25) is 10.2 Å². The second-order valence-corrected chi connectivity index (χ2v) is 22.6. The Labute approximate surface area is 428 Å². The van der Waals surface area contributed by atoms with Crippen LogP contribution in [0.2, 0.25) is 0 Å². The maximum absolute atomic E-state index is 13.1. The van der Waals surface area contributed by atoms with E-state index < -0.39 is 46.9 Å². The molecule has 10 nitrogen and oxygen atoms in total. The van der Waals surface area contributed by atoms with Crippen molar-refractivity contribution in [1.29, 1.82) is 0 Å². The highest BCUT2D eigenvalue weighted by atomic mass is 32.2. The maximum atomic E-state index is 13.1. The molecule has 0 aliphatic rings. The quantitative estimate of drug-likeness (QED) is 0.0320. The fourth-order valence-corrected chi connectivity index (χ4v) is 10.8. The molecule has 0 saturated heterocycles. The Morgan fingerprint density at radius 2 is 0.515 bits per heavy atom. The van der Waals surface area contributed by atoms with Gasteiger partial charge in [0.15, 0.2) is 12.2 Å². The second-order valence-electron chi connectivity index (χ2n) is 20.4. The van der Waals surface area contributed by atoms with Gasteiger partial charge in [0.1, 0.15) is 0 Å². The molecule has 6 atom stereocenters. The van der Waals surface area contributed by atoms with Gasteiger partial charge in [-0.25, -0.2) is 0 Å². The van der Waals surface area contributed by atoms with Gasteiger partial charge in [-0.15, -0.1) is 0 Å². The largest absolute Gasteiger partial charge is 0.392 e. The van der Waals surface area contributed by atoms with Gasteiger partial charge in [-0.1, -0.05) is 257 Å². The molecule has 0 heterocycles. The van der Waals surface area contributed by atoms with Crippen LogP contribution in [0.3, 0.4) is 0 Å². The van der Waals surface area contributed by atoms with Crippen LogP contribution >= 0.6 is 23.5 Å². The van der Waals surface area contributed by atoms with E-state index in [-0.39, 0.29) is 11.5 Å². The molecule has 68 heavy (non-hydrogen) atoms. The lowest BCUT2D eigenvalue weighted by molar-refractivity contribution is -0.133. The van der Waals surface area contributed by atoms with Crippen LogP contribution in [0.4, 0.5) is 0 Å². The first-order valence-electron chi connectivity index (χ1n) is 28.8. The molecule has 406 valence electrons. The van der Waals surface area contributed by atoms with Crippen LogP contribution in [0.1, 0.15) is 259 Å². The van der Waals surface area contributed by atoms with Gasteiger partial charge in [-0.2, -0.15) is 0 Å². The molecule has 0 aliphatic carbocycles. The molecule has 0 aliphatic heterocycles. The average molecular weight is 1010 g/mol. The van der Waals surface area contributed by atoms with Gasteiger partial charge >= 0.3 is 0 Å². The minimum Gasteiger partial charge on any atom is -0.392 e. The van der Waals surface area contributed by atoms with Crippen molar-refractivity contribution in [1.82, 2.24) is 9.80 Å². The molecule has 12 heteroatoms. The zero-order valence-corrected chi connectivity index (χ0v) is 46.4. The monoisotopic (exact) mass is 1000 g/mol. The number of aliphatic hydroxyl groups is 6. The molecular weight excluding hydrogens is 893 g/mol. The van der Waals surface area contributed by atoms with E-state index >= 15 is 0 Å². The number of carbonyl (C=O) groups excluding carboxylic acids is 2. The summed E-state index contributed by atoms with van der Waals surface area (Å²) in [6.07, 6.45) is 35.0. The molecule has 0 radical (unpaired) electrons. The minimum atomic E-state index is -1.87. The third-order valence-electron chi connectivity index (χ3n) is 13.5. The number of hydrogen-bond donors (Lipinski definition) is 6. The molecule has 6 N–H and O–H groups in total. The van der Waals surface area contributed by atoms with Crippen molar-refractivity contribution >= 4 is 33.8 Å². The molecule has 0 rings (SSSR count). The van der Waals surface area contributed by atoms with E-state index in [0.29, 0.717) is 65.0 Å². The van der Waals surface area contributed by atoms with Crippen molar-refractivity contribution < 1.29 is 40.2 Å². The third kappa shape index (κ3) is 43.3. The summed E-state index contributed by atoms with van der Waals surface area (Å²) in [6, 6.07) is 0. The minimum absolute atomic E-state index is 0.288. The van der Waals surface area contributed by atoms with Crippen LogP contribution in [-0.2, 0) is 9.59 Å². The molecule has 0 bridgehead atoms. The fourth-order valence-electron chi connectivity index (χ4n) is 9.11. The number of aliphatic hydroxyl groups excluding tert-OH is 6. The Kier molecular flexibility index (Phi) is 50.1. The van der Waals surface area contributed by atoms with Crippen molar-refractivity contribution in [3.05, 3.63) is 0 Å². The Bertz CT molecular complexity index is 957. The SMILES string of the molecule is CCCCCCCCCCC(O)CN(CCSC(=O)C(O)C(O)C(=O)SCCN(CC(O)CCCCCCCCCC)CC(O)CCCCCCCCCC)CC(O)CCCCCCCCCC. The topological polar surface area (TPSA) is 162 Å². The molecule has 0 fully saturated rings. The lowest BCUT2D eigenvalue weighted by Crippen LogP contribution is -2.41. The number of carbonyl (C=O) groups is 2. The normalized spacial score (nSPS) is 14.7. The second kappa shape index (κ2) is 50.3. The molecule has 0 aromatic rings. The van der Waals surface area contributed by atoms with Crippen molar-refractivity contribution in [2.75, 3.05) is 50.8 Å². The number of unbranched alkanes of at least 4 members (excludes halogenated alkanes) is 28. The van der Waals surface area contributed by atoms with Gasteiger partial charge in [-0.3, -0.25) is 19.4 Å². The first-order valence-corrected chi connectivity index (χ1v) is 30.8. The lowest BCUT2D eigenvalue weighted by Gasteiger charge is -2.27. The summed E-state index contributed by atoms with van der Waals surface area (Å²) in [7, 11) is 0. The van der Waals surface area contributed by atoms with Gasteiger partial charge in [0.25, 0.3) is 0 Å². The zero-order valence-electron chi connectivity index (χ0n) is 44.8. The number of nitrogens with zero attached hydrogens (tertiary/aromatic N) is 2. The van der Waals surface area contributed by atoms with Gasteiger partial charge in [0, 0.05) is 50.8 Å². The molecular formula is C56H112N2O8S2. The molecule has 0 amide bonds. The Hall–Kier alpha value is -0.280.